The van der Waals surface area contributed by atoms with Crippen LogP contribution in [0.15, 0.2) is 59.5 Å². The van der Waals surface area contributed by atoms with Gasteiger partial charge in [-0.05, 0) is 24.3 Å². The van der Waals surface area contributed by atoms with Crippen LogP contribution in [0.5, 0.6) is 0 Å². The number of nitrogens with one attached hydrogen (secondary N) is 1. The van der Waals surface area contributed by atoms with Crippen molar-refractivity contribution in [1.82, 2.24) is 0 Å². The predicted octanol–water partition coefficient (Wildman–Crippen LogP) is 2.12. The van der Waals surface area contributed by atoms with Gasteiger partial charge in [0.1, 0.15) is 4.99 Å². The summed E-state index contributed by atoms with van der Waals surface area (Å²) >= 11 is 4.82. The van der Waals surface area contributed by atoms with Crippen molar-refractivity contribution in [1.29, 1.82) is 0 Å². The zero-order valence-corrected chi connectivity index (χ0v) is 11.5. The Labute approximate surface area is 117 Å². The third-order valence-corrected chi connectivity index (χ3v) is 4.11. The summed E-state index contributed by atoms with van der Waals surface area (Å²) in [4.78, 5) is 0.399. The van der Waals surface area contributed by atoms with Crippen LogP contribution in [0.25, 0.3) is 0 Å². The monoisotopic (exact) mass is 292 g/mol. The molecule has 19 heavy (non-hydrogen) atoms. The zero-order chi connectivity index (χ0) is 13.9. The van der Waals surface area contributed by atoms with Gasteiger partial charge in [-0.1, -0.05) is 42.5 Å². The molecule has 0 aliphatic rings. The Balaban J connectivity index is 2.27. The van der Waals surface area contributed by atoms with E-state index in [0.29, 0.717) is 11.3 Å². The Bertz CT molecular complexity index is 680. The van der Waals surface area contributed by atoms with E-state index in [1.54, 1.807) is 36.4 Å². The number of hydrogen-bond acceptors (Lipinski definition) is 3. The van der Waals surface area contributed by atoms with Gasteiger partial charge < -0.3 is 5.73 Å². The first-order chi connectivity index (χ1) is 8.99. The van der Waals surface area contributed by atoms with E-state index in [4.69, 9.17) is 18.0 Å². The van der Waals surface area contributed by atoms with Gasteiger partial charge >= 0.3 is 0 Å². The van der Waals surface area contributed by atoms with Crippen molar-refractivity contribution in [2.75, 3.05) is 4.72 Å². The maximum atomic E-state index is 12.1. The molecule has 2 aromatic carbocycles. The lowest BCUT2D eigenvalue weighted by Crippen LogP contribution is -2.14. The molecule has 6 heteroatoms. The van der Waals surface area contributed by atoms with Crippen LogP contribution in [-0.4, -0.2) is 13.4 Å². The van der Waals surface area contributed by atoms with Crippen LogP contribution < -0.4 is 10.5 Å². The molecule has 0 amide bonds. The zero-order valence-electron chi connectivity index (χ0n) is 9.91. The second-order valence-corrected chi connectivity index (χ2v) is 5.98. The number of rotatable bonds is 4. The molecule has 2 rings (SSSR count). The minimum atomic E-state index is -3.59. The van der Waals surface area contributed by atoms with Crippen molar-refractivity contribution < 1.29 is 8.42 Å². The highest BCUT2D eigenvalue weighted by Crippen LogP contribution is 2.16. The van der Waals surface area contributed by atoms with Crippen LogP contribution in [0, 0.1) is 0 Å². The van der Waals surface area contributed by atoms with Crippen molar-refractivity contribution >= 4 is 32.9 Å². The van der Waals surface area contributed by atoms with Gasteiger partial charge in [0.2, 0.25) is 0 Å². The van der Waals surface area contributed by atoms with Crippen LogP contribution in [0.1, 0.15) is 5.56 Å². The quantitative estimate of drug-likeness (QED) is 0.847. The third kappa shape index (κ3) is 3.30. The van der Waals surface area contributed by atoms with Crippen molar-refractivity contribution in [2.45, 2.75) is 4.90 Å². The van der Waals surface area contributed by atoms with E-state index in [2.05, 4.69) is 4.72 Å². The van der Waals surface area contributed by atoms with Crippen molar-refractivity contribution in [2.24, 2.45) is 5.73 Å². The van der Waals surface area contributed by atoms with Crippen molar-refractivity contribution in [3.63, 3.8) is 0 Å². The lowest BCUT2D eigenvalue weighted by molar-refractivity contribution is 0.601. The summed E-state index contributed by atoms with van der Waals surface area (Å²) in [6.45, 7) is 0. The largest absolute Gasteiger partial charge is 0.389 e. The predicted molar refractivity (Wildman–Crippen MR) is 79.6 cm³/mol. The summed E-state index contributed by atoms with van der Waals surface area (Å²) in [6, 6.07) is 14.8. The SMILES string of the molecule is NC(=S)c1ccc(S(=O)(=O)Nc2ccccc2)cc1. The van der Waals surface area contributed by atoms with E-state index in [1.807, 2.05) is 6.07 Å². The highest BCUT2D eigenvalue weighted by atomic mass is 32.2. The molecule has 0 saturated carbocycles. The maximum absolute atomic E-state index is 12.1. The highest BCUT2D eigenvalue weighted by Gasteiger charge is 2.13. The van der Waals surface area contributed by atoms with Crippen LogP contribution in [0.2, 0.25) is 0 Å². The van der Waals surface area contributed by atoms with Crippen LogP contribution in [0.3, 0.4) is 0 Å². The number of para-hydroxylation sites is 1. The number of anilines is 1. The van der Waals surface area contributed by atoms with Gasteiger partial charge in [0.25, 0.3) is 10.0 Å². The van der Waals surface area contributed by atoms with E-state index in [0.717, 1.165) is 0 Å². The first kappa shape index (κ1) is 13.5. The molecule has 4 nitrogen and oxygen atoms in total. The summed E-state index contributed by atoms with van der Waals surface area (Å²) in [5.74, 6) is 0. The second-order valence-electron chi connectivity index (χ2n) is 3.86. The van der Waals surface area contributed by atoms with Crippen LogP contribution in [0.4, 0.5) is 5.69 Å². The summed E-state index contributed by atoms with van der Waals surface area (Å²) in [5.41, 5.74) is 6.61. The molecule has 0 aliphatic heterocycles. The first-order valence-electron chi connectivity index (χ1n) is 5.47. The normalized spacial score (nSPS) is 10.9. The summed E-state index contributed by atoms with van der Waals surface area (Å²) in [5, 5.41) is 0. The maximum Gasteiger partial charge on any atom is 0.261 e. The molecule has 0 radical (unpaired) electrons. The molecule has 98 valence electrons. The Kier molecular flexibility index (Phi) is 3.82. The number of benzene rings is 2. The molecule has 0 atom stereocenters. The van der Waals surface area contributed by atoms with Gasteiger partial charge in [0, 0.05) is 11.3 Å². The summed E-state index contributed by atoms with van der Waals surface area (Å²) < 4.78 is 26.7. The molecule has 3 N–H and O–H groups in total. The standard InChI is InChI=1S/C13H12N2O2S2/c14-13(18)10-6-8-12(9-7-10)19(16,17)15-11-4-2-1-3-5-11/h1-9,15H,(H2,14,18). The number of nitrogens with two attached hydrogens (primary N) is 1. The Hall–Kier alpha value is -1.92. The lowest BCUT2D eigenvalue weighted by Gasteiger charge is -2.08. The molecule has 0 bridgehead atoms. The Morgan fingerprint density at radius 2 is 1.58 bits per heavy atom. The van der Waals surface area contributed by atoms with Crippen LogP contribution in [-0.2, 0) is 10.0 Å². The summed E-state index contributed by atoms with van der Waals surface area (Å²) in [6.07, 6.45) is 0. The molecule has 0 saturated heterocycles. The average Bonchev–Trinajstić information content (AvgIpc) is 2.39. The fourth-order valence-electron chi connectivity index (χ4n) is 1.52. The summed E-state index contributed by atoms with van der Waals surface area (Å²) in [7, 11) is -3.59. The average molecular weight is 292 g/mol. The molecule has 0 aliphatic carbocycles. The molecular weight excluding hydrogens is 280 g/mol. The van der Waals surface area contributed by atoms with Gasteiger partial charge in [-0.15, -0.1) is 0 Å². The molecule has 0 heterocycles. The van der Waals surface area contributed by atoms with Gasteiger partial charge in [-0.3, -0.25) is 4.72 Å². The van der Waals surface area contributed by atoms with Crippen molar-refractivity contribution in [3.05, 3.63) is 60.2 Å². The minimum absolute atomic E-state index is 0.163. The number of hydrogen-bond donors (Lipinski definition) is 2. The third-order valence-electron chi connectivity index (χ3n) is 2.48. The molecule has 0 spiro atoms. The first-order valence-corrected chi connectivity index (χ1v) is 7.36. The molecule has 2 aromatic rings. The van der Waals surface area contributed by atoms with E-state index in [-0.39, 0.29) is 9.88 Å². The molecule has 0 unspecified atom stereocenters. The van der Waals surface area contributed by atoms with E-state index >= 15 is 0 Å². The van der Waals surface area contributed by atoms with E-state index in [9.17, 15) is 8.42 Å². The van der Waals surface area contributed by atoms with Gasteiger partial charge in [0.05, 0.1) is 4.90 Å². The molecule has 0 fully saturated rings. The fraction of sp³-hybridized carbons (Fsp3) is 0. The molecular formula is C13H12N2O2S2. The number of sulfonamides is 1. The van der Waals surface area contributed by atoms with Gasteiger partial charge in [0.15, 0.2) is 0 Å². The Morgan fingerprint density at radius 1 is 1.00 bits per heavy atom. The Morgan fingerprint density at radius 3 is 2.11 bits per heavy atom. The van der Waals surface area contributed by atoms with Crippen LogP contribution >= 0.6 is 12.2 Å². The van der Waals surface area contributed by atoms with E-state index in [1.165, 1.54) is 12.1 Å². The van der Waals surface area contributed by atoms with E-state index < -0.39 is 10.0 Å². The highest BCUT2D eigenvalue weighted by molar-refractivity contribution is 7.92. The second kappa shape index (κ2) is 5.38. The topological polar surface area (TPSA) is 72.2 Å². The van der Waals surface area contributed by atoms with Crippen molar-refractivity contribution in [3.8, 4) is 0 Å². The minimum Gasteiger partial charge on any atom is -0.389 e. The van der Waals surface area contributed by atoms with Gasteiger partial charge in [-0.2, -0.15) is 0 Å². The lowest BCUT2D eigenvalue weighted by atomic mass is 10.2. The number of thiocarbonyl (C=S) groups is 1. The fourth-order valence-corrected chi connectivity index (χ4v) is 2.71. The molecule has 0 aromatic heterocycles. The smallest absolute Gasteiger partial charge is 0.261 e. The van der Waals surface area contributed by atoms with Gasteiger partial charge in [-0.25, -0.2) is 8.42 Å².